The van der Waals surface area contributed by atoms with E-state index in [1.54, 1.807) is 0 Å². The van der Waals surface area contributed by atoms with E-state index >= 15 is 0 Å². The zero-order valence-corrected chi connectivity index (χ0v) is 13.1. The lowest BCUT2D eigenvalue weighted by atomic mass is 10.0. The van der Waals surface area contributed by atoms with Gasteiger partial charge in [0.15, 0.2) is 0 Å². The van der Waals surface area contributed by atoms with Crippen LogP contribution in [0.2, 0.25) is 0 Å². The van der Waals surface area contributed by atoms with E-state index in [2.05, 4.69) is 58.2 Å². The molecular weight excluding hydrogens is 304 g/mol. The fourth-order valence-electron chi connectivity index (χ4n) is 2.28. The Balaban J connectivity index is 2.51. The molecule has 0 saturated carbocycles. The van der Waals surface area contributed by atoms with Crippen LogP contribution >= 0.6 is 15.9 Å². The molecule has 1 N–H and O–H groups in total. The van der Waals surface area contributed by atoms with Crippen molar-refractivity contribution in [1.82, 2.24) is 20.1 Å². The maximum Gasteiger partial charge on any atom is 0.0763 e. The van der Waals surface area contributed by atoms with Crippen molar-refractivity contribution in [1.29, 1.82) is 0 Å². The van der Waals surface area contributed by atoms with Gasteiger partial charge in [0.25, 0.3) is 0 Å². The van der Waals surface area contributed by atoms with Crippen LogP contribution in [0.5, 0.6) is 0 Å². The van der Waals surface area contributed by atoms with Gasteiger partial charge in [-0.1, -0.05) is 6.92 Å². The second-order valence-electron chi connectivity index (χ2n) is 4.42. The largest absolute Gasteiger partial charge is 0.305 e. The standard InChI is InChI=1S/C14H19BrN4/c1-4-17-13(11-6-7-16-8-10(11)3)14-12(15)9-18-19(14)5-2/h6-9,13,17H,4-5H2,1-3H3. The number of aromatic nitrogens is 3. The average Bonchev–Trinajstić information content (AvgIpc) is 2.78. The molecule has 2 aromatic rings. The van der Waals surface area contributed by atoms with E-state index in [1.165, 1.54) is 16.8 Å². The molecule has 1 atom stereocenters. The topological polar surface area (TPSA) is 42.7 Å². The third kappa shape index (κ3) is 2.87. The summed E-state index contributed by atoms with van der Waals surface area (Å²) in [5.41, 5.74) is 3.59. The van der Waals surface area contributed by atoms with Crippen molar-refractivity contribution in [3.63, 3.8) is 0 Å². The molecule has 0 fully saturated rings. The maximum absolute atomic E-state index is 4.41. The molecule has 0 amide bonds. The molecule has 2 aromatic heterocycles. The summed E-state index contributed by atoms with van der Waals surface area (Å²) in [7, 11) is 0. The molecule has 0 radical (unpaired) electrons. The Morgan fingerprint density at radius 1 is 1.37 bits per heavy atom. The first-order valence-electron chi connectivity index (χ1n) is 6.54. The van der Waals surface area contributed by atoms with E-state index in [0.717, 1.165) is 17.6 Å². The molecule has 0 aliphatic carbocycles. The van der Waals surface area contributed by atoms with E-state index < -0.39 is 0 Å². The molecular formula is C14H19BrN4. The summed E-state index contributed by atoms with van der Waals surface area (Å²) < 4.78 is 3.06. The van der Waals surface area contributed by atoms with Crippen molar-refractivity contribution in [3.8, 4) is 0 Å². The monoisotopic (exact) mass is 322 g/mol. The minimum absolute atomic E-state index is 0.129. The number of hydrogen-bond donors (Lipinski definition) is 1. The highest BCUT2D eigenvalue weighted by atomic mass is 79.9. The van der Waals surface area contributed by atoms with Gasteiger partial charge in [0.05, 0.1) is 22.4 Å². The molecule has 5 heteroatoms. The third-order valence-electron chi connectivity index (χ3n) is 3.19. The van der Waals surface area contributed by atoms with Crippen LogP contribution in [0.25, 0.3) is 0 Å². The predicted octanol–water partition coefficient (Wildman–Crippen LogP) is 3.07. The second-order valence-corrected chi connectivity index (χ2v) is 5.27. The summed E-state index contributed by atoms with van der Waals surface area (Å²) >= 11 is 3.61. The first kappa shape index (κ1) is 14.2. The van der Waals surface area contributed by atoms with Gasteiger partial charge in [0.2, 0.25) is 0 Å². The summed E-state index contributed by atoms with van der Waals surface area (Å²) in [5.74, 6) is 0. The van der Waals surface area contributed by atoms with Crippen LogP contribution in [0.3, 0.4) is 0 Å². The SMILES string of the molecule is CCNC(c1ccncc1C)c1c(Br)cnn1CC. The van der Waals surface area contributed by atoms with Gasteiger partial charge in [-0.25, -0.2) is 0 Å². The van der Waals surface area contributed by atoms with Crippen molar-refractivity contribution in [2.75, 3.05) is 6.54 Å². The fraction of sp³-hybridized carbons (Fsp3) is 0.429. The van der Waals surface area contributed by atoms with E-state index in [1.807, 2.05) is 23.3 Å². The van der Waals surface area contributed by atoms with Crippen LogP contribution in [0, 0.1) is 6.92 Å². The quantitative estimate of drug-likeness (QED) is 0.919. The second kappa shape index (κ2) is 6.30. The number of nitrogens with zero attached hydrogens (tertiary/aromatic N) is 3. The molecule has 2 heterocycles. The summed E-state index contributed by atoms with van der Waals surface area (Å²) in [4.78, 5) is 4.17. The van der Waals surface area contributed by atoms with Crippen LogP contribution in [-0.2, 0) is 6.54 Å². The molecule has 0 spiro atoms. The lowest BCUT2D eigenvalue weighted by molar-refractivity contribution is 0.539. The zero-order valence-electron chi connectivity index (χ0n) is 11.5. The molecule has 19 heavy (non-hydrogen) atoms. The van der Waals surface area contributed by atoms with Gasteiger partial charge in [-0.3, -0.25) is 9.67 Å². The van der Waals surface area contributed by atoms with Crippen molar-refractivity contribution in [3.05, 3.63) is 46.0 Å². The van der Waals surface area contributed by atoms with E-state index in [9.17, 15) is 0 Å². The Labute approximate surface area is 122 Å². The Kier molecular flexibility index (Phi) is 4.71. The number of pyridine rings is 1. The molecule has 4 nitrogen and oxygen atoms in total. The summed E-state index contributed by atoms with van der Waals surface area (Å²) in [6, 6.07) is 2.20. The van der Waals surface area contributed by atoms with Gasteiger partial charge in [-0.15, -0.1) is 0 Å². The molecule has 0 aliphatic rings. The molecule has 2 rings (SSSR count). The smallest absolute Gasteiger partial charge is 0.0763 e. The van der Waals surface area contributed by atoms with Gasteiger partial charge in [0.1, 0.15) is 0 Å². The molecule has 0 saturated heterocycles. The van der Waals surface area contributed by atoms with E-state index in [4.69, 9.17) is 0 Å². The van der Waals surface area contributed by atoms with Crippen LogP contribution in [0.1, 0.15) is 36.7 Å². The Morgan fingerprint density at radius 3 is 2.79 bits per heavy atom. The highest BCUT2D eigenvalue weighted by Gasteiger charge is 2.22. The lowest BCUT2D eigenvalue weighted by Crippen LogP contribution is -2.26. The van der Waals surface area contributed by atoms with Crippen LogP contribution in [0.15, 0.2) is 29.1 Å². The number of hydrogen-bond acceptors (Lipinski definition) is 3. The van der Waals surface area contributed by atoms with Crippen LogP contribution in [0.4, 0.5) is 0 Å². The van der Waals surface area contributed by atoms with Crippen LogP contribution < -0.4 is 5.32 Å². The number of aryl methyl sites for hydroxylation is 2. The van der Waals surface area contributed by atoms with Gasteiger partial charge in [-0.2, -0.15) is 5.10 Å². The first-order chi connectivity index (χ1) is 9.19. The Hall–Kier alpha value is -1.20. The molecule has 0 bridgehead atoms. The summed E-state index contributed by atoms with van der Waals surface area (Å²) in [6.07, 6.45) is 5.60. The van der Waals surface area contributed by atoms with Gasteiger partial charge in [-0.05, 0) is 53.5 Å². The lowest BCUT2D eigenvalue weighted by Gasteiger charge is -2.21. The Morgan fingerprint density at radius 2 is 2.16 bits per heavy atom. The first-order valence-corrected chi connectivity index (χ1v) is 7.33. The van der Waals surface area contributed by atoms with Gasteiger partial charge in [0, 0.05) is 18.9 Å². The Bertz CT molecular complexity index is 550. The molecule has 1 unspecified atom stereocenters. The fourth-order valence-corrected chi connectivity index (χ4v) is 2.80. The average molecular weight is 323 g/mol. The number of halogens is 1. The summed E-state index contributed by atoms with van der Waals surface area (Å²) in [5, 5.41) is 7.95. The third-order valence-corrected chi connectivity index (χ3v) is 3.80. The van der Waals surface area contributed by atoms with Crippen molar-refractivity contribution in [2.24, 2.45) is 0 Å². The zero-order chi connectivity index (χ0) is 13.8. The predicted molar refractivity (Wildman–Crippen MR) is 80.1 cm³/mol. The van der Waals surface area contributed by atoms with Crippen molar-refractivity contribution < 1.29 is 0 Å². The van der Waals surface area contributed by atoms with E-state index in [-0.39, 0.29) is 6.04 Å². The number of nitrogens with one attached hydrogen (secondary N) is 1. The van der Waals surface area contributed by atoms with E-state index in [0.29, 0.717) is 0 Å². The van der Waals surface area contributed by atoms with Gasteiger partial charge < -0.3 is 5.32 Å². The minimum Gasteiger partial charge on any atom is -0.305 e. The molecule has 102 valence electrons. The minimum atomic E-state index is 0.129. The highest BCUT2D eigenvalue weighted by Crippen LogP contribution is 2.29. The number of rotatable bonds is 5. The maximum atomic E-state index is 4.41. The molecule has 0 aliphatic heterocycles. The highest BCUT2D eigenvalue weighted by molar-refractivity contribution is 9.10. The normalized spacial score (nSPS) is 12.6. The van der Waals surface area contributed by atoms with Crippen LogP contribution in [-0.4, -0.2) is 21.3 Å². The molecule has 0 aromatic carbocycles. The van der Waals surface area contributed by atoms with Crippen molar-refractivity contribution >= 4 is 15.9 Å². The van der Waals surface area contributed by atoms with Gasteiger partial charge >= 0.3 is 0 Å². The summed E-state index contributed by atoms with van der Waals surface area (Å²) in [6.45, 7) is 8.06. The van der Waals surface area contributed by atoms with Crippen molar-refractivity contribution in [2.45, 2.75) is 33.4 Å².